The molecule has 0 aliphatic carbocycles. The van der Waals surface area contributed by atoms with E-state index in [1.165, 1.54) is 0 Å². The highest BCUT2D eigenvalue weighted by atomic mass is 32.5. The van der Waals surface area contributed by atoms with Crippen molar-refractivity contribution in [3.05, 3.63) is 0 Å². The van der Waals surface area contributed by atoms with Crippen LogP contribution in [0.2, 0.25) is 72.0 Å². The molecule has 0 aliphatic rings. The van der Waals surface area contributed by atoms with Crippen LogP contribution >= 0.6 is 10.7 Å². The van der Waals surface area contributed by atoms with Crippen molar-refractivity contribution in [1.82, 2.24) is 0 Å². The molecule has 3 nitrogen and oxygen atoms in total. The molecule has 20 heavy (non-hydrogen) atoms. The van der Waals surface area contributed by atoms with Crippen LogP contribution in [0, 0.1) is 0 Å². The summed E-state index contributed by atoms with van der Waals surface area (Å²) in [6.07, 6.45) is 0. The van der Waals surface area contributed by atoms with E-state index in [9.17, 15) is 0 Å². The van der Waals surface area contributed by atoms with E-state index >= 15 is 0 Å². The van der Waals surface area contributed by atoms with Gasteiger partial charge in [0.1, 0.15) is 0 Å². The molecule has 0 aromatic carbocycles. The smallest absolute Gasteiger partial charge is 0.311 e. The summed E-state index contributed by atoms with van der Waals surface area (Å²) in [7, 11) is -5.70. The maximum Gasteiger partial charge on any atom is 0.311 e. The van der Waals surface area contributed by atoms with Crippen molar-refractivity contribution in [1.29, 1.82) is 0 Å². The van der Waals surface area contributed by atoms with E-state index in [4.69, 9.17) is 12.3 Å². The minimum atomic E-state index is -2.04. The maximum absolute atomic E-state index is 6.54. The first kappa shape index (κ1) is 21.3. The molecule has 0 N–H and O–H groups in total. The predicted molar refractivity (Wildman–Crippen MR) is 104 cm³/mol. The van der Waals surface area contributed by atoms with Gasteiger partial charge in [0.2, 0.25) is 14.9 Å². The van der Waals surface area contributed by atoms with Gasteiger partial charge < -0.3 is 12.3 Å². The molecule has 0 saturated carbocycles. The third-order valence-corrected chi connectivity index (χ3v) is 28.2. The molecule has 0 unspecified atom stereocenters. The molecule has 1 radical (unpaired) electrons. The van der Waals surface area contributed by atoms with Gasteiger partial charge in [-0.3, -0.25) is 0 Å². The second kappa shape index (κ2) is 7.26. The van der Waals surface area contributed by atoms with Gasteiger partial charge in [-0.2, -0.15) is 10.7 Å². The topological polar surface area (TPSA) is 27.7 Å². The Hall–Kier alpha value is 1.31. The van der Waals surface area contributed by atoms with Crippen molar-refractivity contribution >= 4 is 51.5 Å². The van der Waals surface area contributed by atoms with Gasteiger partial charge in [0, 0.05) is 0 Å². The average Bonchev–Trinajstić information content (AvgIpc) is 1.86. The normalized spacial score (nSPS) is 15.0. The van der Waals surface area contributed by atoms with Crippen LogP contribution in [0.1, 0.15) is 0 Å². The molecule has 0 bridgehead atoms. The fraction of sp³-hybridized carbons (Fsp3) is 1.00. The lowest BCUT2D eigenvalue weighted by atomic mass is 11.8. The van der Waals surface area contributed by atoms with Crippen LogP contribution in [-0.2, 0) is 12.3 Å². The summed E-state index contributed by atoms with van der Waals surface area (Å²) < 4.78 is 19.1. The molecule has 0 aliphatic heterocycles. The van der Waals surface area contributed by atoms with Crippen LogP contribution in [0.15, 0.2) is 0 Å². The Kier molecular flexibility index (Phi) is 7.73. The zero-order chi connectivity index (χ0) is 16.4. The van der Waals surface area contributed by atoms with Crippen LogP contribution in [0.3, 0.4) is 0 Å². The summed E-state index contributed by atoms with van der Waals surface area (Å²) in [6.45, 7) is 24.7. The van der Waals surface area contributed by atoms with Crippen molar-refractivity contribution in [2.45, 2.75) is 72.0 Å². The van der Waals surface area contributed by atoms with Gasteiger partial charge in [0.15, 0.2) is 17.4 Å². The van der Waals surface area contributed by atoms with Gasteiger partial charge in [0.25, 0.3) is 0 Å². The minimum absolute atomic E-state index is 0.640. The Morgan fingerprint density at radius 2 is 1.15 bits per heavy atom. The molecule has 0 aromatic heterocycles. The van der Waals surface area contributed by atoms with Crippen molar-refractivity contribution < 1.29 is 12.3 Å². The quantitative estimate of drug-likeness (QED) is 0.552. The Balaban J connectivity index is 4.73. The first-order chi connectivity index (χ1) is 8.54. The molecule has 0 saturated heterocycles. The monoisotopic (exact) mass is 385 g/mol. The van der Waals surface area contributed by atoms with E-state index in [0.29, 0.717) is 0 Å². The summed E-state index contributed by atoms with van der Waals surface area (Å²) in [4.78, 5) is 0. The second-order valence-electron chi connectivity index (χ2n) is 7.63. The molecule has 0 heterocycles. The van der Waals surface area contributed by atoms with Gasteiger partial charge in [-0.1, -0.05) is 0 Å². The van der Waals surface area contributed by atoms with E-state index in [-0.39, 0.29) is 0 Å². The largest absolute Gasteiger partial charge is 0.448 e. The van der Waals surface area contributed by atoms with Crippen LogP contribution in [0.4, 0.5) is 0 Å². The molecule has 0 spiro atoms. The van der Waals surface area contributed by atoms with E-state index in [2.05, 4.69) is 72.0 Å². The van der Waals surface area contributed by atoms with Crippen molar-refractivity contribution in [3.8, 4) is 0 Å². The lowest BCUT2D eigenvalue weighted by molar-refractivity contribution is 0.402. The van der Waals surface area contributed by atoms with E-state index in [1.807, 2.05) is 10.7 Å². The fourth-order valence-corrected chi connectivity index (χ4v) is 39.6. The standard InChI is InChI=1S/C11H33O3SSi5/c1-16(2)12-19(8,9)15-20(10,11)14-18(6,7)13-17(3,4)5/h1-11H3. The van der Waals surface area contributed by atoms with E-state index in [0.717, 1.165) is 0 Å². The molecule has 121 valence electrons. The van der Waals surface area contributed by atoms with Crippen LogP contribution in [0.25, 0.3) is 0 Å². The fourth-order valence-electron chi connectivity index (χ4n) is 2.48. The van der Waals surface area contributed by atoms with Crippen molar-refractivity contribution in [2.24, 2.45) is 0 Å². The van der Waals surface area contributed by atoms with Gasteiger partial charge in [0.05, 0.1) is 0 Å². The first-order valence-electron chi connectivity index (χ1n) is 7.13. The molecule has 0 aromatic rings. The zero-order valence-corrected chi connectivity index (χ0v) is 20.9. The Bertz CT molecular complexity index is 316. The molecular formula is C11H33O3SSi5. The van der Waals surface area contributed by atoms with E-state index in [1.54, 1.807) is 0 Å². The third-order valence-electron chi connectivity index (χ3n) is 1.99. The predicted octanol–water partition coefficient (Wildman–Crippen LogP) is 4.96. The Morgan fingerprint density at radius 1 is 0.700 bits per heavy atom. The van der Waals surface area contributed by atoms with Crippen LogP contribution < -0.4 is 0 Å². The van der Waals surface area contributed by atoms with Gasteiger partial charge in [-0.05, 0) is 72.0 Å². The lowest BCUT2D eigenvalue weighted by Gasteiger charge is -2.39. The summed E-state index contributed by atoms with van der Waals surface area (Å²) in [5.74, 6) is 0. The van der Waals surface area contributed by atoms with E-state index < -0.39 is 40.9 Å². The number of rotatable bonds is 8. The Labute approximate surface area is 135 Å². The number of hydrogen-bond acceptors (Lipinski definition) is 4. The minimum Gasteiger partial charge on any atom is -0.448 e. The highest BCUT2D eigenvalue weighted by molar-refractivity contribution is 8.49. The summed E-state index contributed by atoms with van der Waals surface area (Å²) >= 11 is 0. The SMILES string of the molecule is C[Si](C)O[Si](C)(C)S[Si](C)(C)O[Si](C)(C)O[Si](C)(C)C. The molecule has 0 fully saturated rings. The third kappa shape index (κ3) is 11.0. The van der Waals surface area contributed by atoms with Gasteiger partial charge in [-0.25, -0.2) is 0 Å². The number of hydrogen-bond donors (Lipinski definition) is 0. The van der Waals surface area contributed by atoms with Crippen molar-refractivity contribution in [2.75, 3.05) is 0 Å². The van der Waals surface area contributed by atoms with Crippen LogP contribution in [0.5, 0.6) is 0 Å². The molecule has 0 atom stereocenters. The second-order valence-corrected chi connectivity index (χ2v) is 33.1. The summed E-state index contributed by atoms with van der Waals surface area (Å²) in [6, 6.07) is 0. The van der Waals surface area contributed by atoms with Crippen molar-refractivity contribution in [3.63, 3.8) is 0 Å². The molecule has 0 rings (SSSR count). The first-order valence-corrected chi connectivity index (χ1v) is 23.8. The molecule has 0 amide bonds. The van der Waals surface area contributed by atoms with Gasteiger partial charge >= 0.3 is 8.56 Å². The molecule has 9 heteroatoms. The highest BCUT2D eigenvalue weighted by Crippen LogP contribution is 2.35. The Morgan fingerprint density at radius 3 is 1.50 bits per heavy atom. The zero-order valence-electron chi connectivity index (χ0n) is 15.1. The lowest BCUT2D eigenvalue weighted by Crippen LogP contribution is -2.52. The van der Waals surface area contributed by atoms with Gasteiger partial charge in [-0.15, -0.1) is 0 Å². The van der Waals surface area contributed by atoms with Crippen LogP contribution in [-0.4, -0.2) is 40.9 Å². The molecular weight excluding hydrogens is 353 g/mol. The summed E-state index contributed by atoms with van der Waals surface area (Å²) in [5, 5.41) is 0. The summed E-state index contributed by atoms with van der Waals surface area (Å²) in [5.41, 5.74) is 0. The average molecular weight is 386 g/mol. The highest BCUT2D eigenvalue weighted by Gasteiger charge is 2.42. The maximum atomic E-state index is 6.54.